The molecule has 2 aliphatic rings. The zero-order chi connectivity index (χ0) is 19.5. The van der Waals surface area contributed by atoms with Gasteiger partial charge >= 0.3 is 0 Å². The molecule has 2 atom stereocenters. The molecular formula is C22H27N3O2S. The number of anilines is 1. The van der Waals surface area contributed by atoms with Gasteiger partial charge in [-0.05, 0) is 54.8 Å². The van der Waals surface area contributed by atoms with Crippen LogP contribution in [0.25, 0.3) is 0 Å². The molecule has 2 aliphatic carbocycles. The Bertz CT molecular complexity index is 832. The second kappa shape index (κ2) is 8.45. The fraction of sp³-hybridized carbons (Fsp3) is 0.455. The summed E-state index contributed by atoms with van der Waals surface area (Å²) in [5, 5.41) is 4.84. The van der Waals surface area contributed by atoms with Gasteiger partial charge in [0.15, 0.2) is 0 Å². The van der Waals surface area contributed by atoms with Gasteiger partial charge in [0.25, 0.3) is 5.91 Å². The van der Waals surface area contributed by atoms with Crippen LogP contribution in [-0.4, -0.2) is 28.8 Å². The average Bonchev–Trinajstić information content (AvgIpc) is 3.40. The van der Waals surface area contributed by atoms with E-state index in [1.54, 1.807) is 0 Å². The fourth-order valence-corrected chi connectivity index (χ4v) is 4.61. The van der Waals surface area contributed by atoms with Crippen molar-refractivity contribution in [1.82, 2.24) is 4.90 Å². The first-order chi connectivity index (χ1) is 13.6. The van der Waals surface area contributed by atoms with Gasteiger partial charge in [-0.15, -0.1) is 11.3 Å². The van der Waals surface area contributed by atoms with E-state index in [4.69, 9.17) is 5.73 Å². The van der Waals surface area contributed by atoms with Crippen LogP contribution in [0.1, 0.15) is 53.8 Å². The summed E-state index contributed by atoms with van der Waals surface area (Å²) in [6.07, 6.45) is 6.23. The standard InChI is InChI=1S/C22H27N3O2S/c23-18-7-1-2-8-19(18)25(22(27)16-10-11-16)14-15-5-3-6-17(13-15)24-21(26)20-9-4-12-28-20/h3-6,9,12-13,16,18-19H,1-2,7-8,10-11,14,23H2,(H,24,26). The van der Waals surface area contributed by atoms with Crippen LogP contribution in [0.4, 0.5) is 5.69 Å². The van der Waals surface area contributed by atoms with Crippen LogP contribution in [0.3, 0.4) is 0 Å². The molecule has 2 aromatic rings. The number of carbonyl (C=O) groups excluding carboxylic acids is 2. The molecule has 2 amide bonds. The summed E-state index contributed by atoms with van der Waals surface area (Å²) in [7, 11) is 0. The van der Waals surface area contributed by atoms with Crippen LogP contribution < -0.4 is 11.1 Å². The quantitative estimate of drug-likeness (QED) is 0.773. The van der Waals surface area contributed by atoms with E-state index in [1.807, 2.05) is 46.7 Å². The molecule has 1 aromatic carbocycles. The molecule has 1 aromatic heterocycles. The highest BCUT2D eigenvalue weighted by atomic mass is 32.1. The minimum Gasteiger partial charge on any atom is -0.334 e. The first-order valence-electron chi connectivity index (χ1n) is 10.1. The van der Waals surface area contributed by atoms with Gasteiger partial charge in [-0.1, -0.05) is 31.0 Å². The van der Waals surface area contributed by atoms with Crippen LogP contribution in [-0.2, 0) is 11.3 Å². The lowest BCUT2D eigenvalue weighted by Crippen LogP contribution is -2.52. The maximum Gasteiger partial charge on any atom is 0.265 e. The van der Waals surface area contributed by atoms with E-state index in [0.717, 1.165) is 49.8 Å². The van der Waals surface area contributed by atoms with E-state index in [1.165, 1.54) is 11.3 Å². The van der Waals surface area contributed by atoms with E-state index in [2.05, 4.69) is 5.32 Å². The number of benzene rings is 1. The summed E-state index contributed by atoms with van der Waals surface area (Å²) in [6, 6.07) is 11.6. The normalized spacial score (nSPS) is 21.9. The van der Waals surface area contributed by atoms with Crippen molar-refractivity contribution in [3.05, 3.63) is 52.2 Å². The summed E-state index contributed by atoms with van der Waals surface area (Å²) in [4.78, 5) is 28.0. The molecular weight excluding hydrogens is 370 g/mol. The third kappa shape index (κ3) is 4.45. The highest BCUT2D eigenvalue weighted by Crippen LogP contribution is 2.34. The number of nitrogens with one attached hydrogen (secondary N) is 1. The van der Waals surface area contributed by atoms with Gasteiger partial charge in [0.1, 0.15) is 0 Å². The van der Waals surface area contributed by atoms with Gasteiger partial charge in [-0.3, -0.25) is 9.59 Å². The lowest BCUT2D eigenvalue weighted by molar-refractivity contribution is -0.136. The fourth-order valence-electron chi connectivity index (χ4n) is 3.99. The molecule has 0 radical (unpaired) electrons. The highest BCUT2D eigenvalue weighted by molar-refractivity contribution is 7.12. The SMILES string of the molecule is NC1CCCCC1N(Cc1cccc(NC(=O)c2cccs2)c1)C(=O)C1CC1. The smallest absolute Gasteiger partial charge is 0.265 e. The van der Waals surface area contributed by atoms with Gasteiger partial charge in [-0.2, -0.15) is 0 Å². The molecule has 2 unspecified atom stereocenters. The molecule has 28 heavy (non-hydrogen) atoms. The number of nitrogens with zero attached hydrogens (tertiary/aromatic N) is 1. The second-order valence-electron chi connectivity index (χ2n) is 7.89. The predicted octanol–water partition coefficient (Wildman–Crippen LogP) is 4.01. The Morgan fingerprint density at radius 3 is 2.64 bits per heavy atom. The molecule has 0 aliphatic heterocycles. The first kappa shape index (κ1) is 19.2. The number of hydrogen-bond donors (Lipinski definition) is 2. The van der Waals surface area contributed by atoms with Crippen LogP contribution in [0.2, 0.25) is 0 Å². The Morgan fingerprint density at radius 1 is 1.11 bits per heavy atom. The second-order valence-corrected chi connectivity index (χ2v) is 8.84. The Labute approximate surface area is 169 Å². The zero-order valence-electron chi connectivity index (χ0n) is 16.0. The molecule has 148 valence electrons. The summed E-state index contributed by atoms with van der Waals surface area (Å²) in [6.45, 7) is 0.552. The topological polar surface area (TPSA) is 75.4 Å². The molecule has 2 saturated carbocycles. The summed E-state index contributed by atoms with van der Waals surface area (Å²) in [5.74, 6) is 0.318. The van der Waals surface area contributed by atoms with E-state index in [-0.39, 0.29) is 29.8 Å². The van der Waals surface area contributed by atoms with Crippen molar-refractivity contribution < 1.29 is 9.59 Å². The molecule has 4 rings (SSSR count). The highest BCUT2D eigenvalue weighted by Gasteiger charge is 2.38. The van der Waals surface area contributed by atoms with Crippen LogP contribution in [0.15, 0.2) is 41.8 Å². The Hall–Kier alpha value is -2.18. The Kier molecular flexibility index (Phi) is 5.78. The largest absolute Gasteiger partial charge is 0.334 e. The van der Waals surface area contributed by atoms with Crippen molar-refractivity contribution in [3.8, 4) is 0 Å². The van der Waals surface area contributed by atoms with Crippen LogP contribution in [0, 0.1) is 5.92 Å². The van der Waals surface area contributed by atoms with Gasteiger partial charge in [0, 0.05) is 30.2 Å². The molecule has 6 heteroatoms. The van der Waals surface area contributed by atoms with Gasteiger partial charge in [0.05, 0.1) is 4.88 Å². The Morgan fingerprint density at radius 2 is 1.93 bits per heavy atom. The van der Waals surface area contributed by atoms with Crippen LogP contribution in [0.5, 0.6) is 0 Å². The maximum atomic E-state index is 13.0. The monoisotopic (exact) mass is 397 g/mol. The molecule has 0 bridgehead atoms. The molecule has 0 saturated heterocycles. The van der Waals surface area contributed by atoms with E-state index < -0.39 is 0 Å². The van der Waals surface area contributed by atoms with Crippen molar-refractivity contribution in [2.45, 2.75) is 57.2 Å². The lowest BCUT2D eigenvalue weighted by Gasteiger charge is -2.38. The summed E-state index contributed by atoms with van der Waals surface area (Å²) >= 11 is 1.42. The summed E-state index contributed by atoms with van der Waals surface area (Å²) < 4.78 is 0. The number of thiophene rings is 1. The number of rotatable bonds is 6. The first-order valence-corrected chi connectivity index (χ1v) is 11.0. The minimum atomic E-state index is -0.104. The average molecular weight is 398 g/mol. The van der Waals surface area contributed by atoms with E-state index >= 15 is 0 Å². The molecule has 5 nitrogen and oxygen atoms in total. The predicted molar refractivity (Wildman–Crippen MR) is 112 cm³/mol. The maximum absolute atomic E-state index is 13.0. The van der Waals surface area contributed by atoms with Crippen LogP contribution >= 0.6 is 11.3 Å². The summed E-state index contributed by atoms with van der Waals surface area (Å²) in [5.41, 5.74) is 8.17. The Balaban J connectivity index is 1.50. The van der Waals surface area contributed by atoms with Crippen molar-refractivity contribution in [3.63, 3.8) is 0 Å². The van der Waals surface area contributed by atoms with Gasteiger partial charge in [0.2, 0.25) is 5.91 Å². The minimum absolute atomic E-state index is 0.0539. The van der Waals surface area contributed by atoms with Crippen molar-refractivity contribution in [2.24, 2.45) is 11.7 Å². The molecule has 2 fully saturated rings. The van der Waals surface area contributed by atoms with Crippen molar-refractivity contribution in [1.29, 1.82) is 0 Å². The number of nitrogens with two attached hydrogens (primary N) is 1. The van der Waals surface area contributed by atoms with E-state index in [9.17, 15) is 9.59 Å². The van der Waals surface area contributed by atoms with Gasteiger partial charge < -0.3 is 16.0 Å². The third-order valence-electron chi connectivity index (χ3n) is 5.67. The molecule has 1 heterocycles. The number of amides is 2. The van der Waals surface area contributed by atoms with Gasteiger partial charge in [-0.25, -0.2) is 0 Å². The molecule has 0 spiro atoms. The van der Waals surface area contributed by atoms with Crippen molar-refractivity contribution in [2.75, 3.05) is 5.32 Å². The van der Waals surface area contributed by atoms with Crippen molar-refractivity contribution >= 4 is 28.8 Å². The molecule has 3 N–H and O–H groups in total. The zero-order valence-corrected chi connectivity index (χ0v) is 16.8. The third-order valence-corrected chi connectivity index (χ3v) is 6.54. The lowest BCUT2D eigenvalue weighted by atomic mass is 9.89. The van der Waals surface area contributed by atoms with E-state index in [0.29, 0.717) is 11.4 Å². The number of hydrogen-bond acceptors (Lipinski definition) is 4. The number of carbonyl (C=O) groups is 2.